The predicted molar refractivity (Wildman–Crippen MR) is 68.9 cm³/mol. The third-order valence-electron chi connectivity index (χ3n) is 3.32. The zero-order valence-electron chi connectivity index (χ0n) is 10.9. The molecule has 3 N–H and O–H groups in total. The number of hydrogen-bond donors (Lipinski definition) is 2. The number of carboxylic acids is 1. The van der Waals surface area contributed by atoms with Crippen LogP contribution in [0.1, 0.15) is 31.9 Å². The highest BCUT2D eigenvalue weighted by atomic mass is 16.4. The standard InChI is InChI=1S/C14H21NO2/c1-10-5-7-11(8-6-10)9-14(15,12(16)17)13(2,3)4/h5-8H,9,15H2,1-4H3,(H,16,17)/t14-/m1/s1. The molecule has 0 saturated carbocycles. The SMILES string of the molecule is Cc1ccc(C[C@@](N)(C(=O)O)C(C)(C)C)cc1. The van der Waals surface area contributed by atoms with E-state index in [1.807, 2.05) is 52.0 Å². The summed E-state index contributed by atoms with van der Waals surface area (Å²) >= 11 is 0. The first-order valence-corrected chi connectivity index (χ1v) is 5.74. The van der Waals surface area contributed by atoms with E-state index in [4.69, 9.17) is 5.73 Å². The van der Waals surface area contributed by atoms with Crippen molar-refractivity contribution in [3.05, 3.63) is 35.4 Å². The minimum Gasteiger partial charge on any atom is -0.480 e. The van der Waals surface area contributed by atoms with E-state index in [-0.39, 0.29) is 0 Å². The molecule has 94 valence electrons. The molecule has 3 nitrogen and oxygen atoms in total. The maximum Gasteiger partial charge on any atom is 0.324 e. The number of carbonyl (C=O) groups is 1. The van der Waals surface area contributed by atoms with E-state index in [0.29, 0.717) is 6.42 Å². The summed E-state index contributed by atoms with van der Waals surface area (Å²) < 4.78 is 0. The van der Waals surface area contributed by atoms with Crippen LogP contribution in [0.25, 0.3) is 0 Å². The molecule has 0 aliphatic rings. The smallest absolute Gasteiger partial charge is 0.324 e. The number of aliphatic carboxylic acids is 1. The van der Waals surface area contributed by atoms with Crippen LogP contribution in [0, 0.1) is 12.3 Å². The lowest BCUT2D eigenvalue weighted by Gasteiger charge is -2.37. The van der Waals surface area contributed by atoms with E-state index in [9.17, 15) is 9.90 Å². The summed E-state index contributed by atoms with van der Waals surface area (Å²) in [6.45, 7) is 7.57. The van der Waals surface area contributed by atoms with Crippen LogP contribution in [0.2, 0.25) is 0 Å². The topological polar surface area (TPSA) is 63.3 Å². The molecule has 1 aromatic carbocycles. The van der Waals surface area contributed by atoms with Crippen LogP contribution in [0.15, 0.2) is 24.3 Å². The third-order valence-corrected chi connectivity index (χ3v) is 3.32. The highest BCUT2D eigenvalue weighted by molar-refractivity contribution is 5.80. The lowest BCUT2D eigenvalue weighted by Crippen LogP contribution is -2.59. The molecule has 0 unspecified atom stereocenters. The third kappa shape index (κ3) is 2.86. The number of nitrogens with two attached hydrogens (primary N) is 1. The lowest BCUT2D eigenvalue weighted by molar-refractivity contribution is -0.147. The van der Waals surface area contributed by atoms with E-state index in [1.165, 1.54) is 0 Å². The van der Waals surface area contributed by atoms with Gasteiger partial charge in [0, 0.05) is 6.42 Å². The first-order valence-electron chi connectivity index (χ1n) is 5.74. The molecule has 0 heterocycles. The summed E-state index contributed by atoms with van der Waals surface area (Å²) in [5.41, 5.74) is 6.45. The van der Waals surface area contributed by atoms with Gasteiger partial charge < -0.3 is 10.8 Å². The van der Waals surface area contributed by atoms with Gasteiger partial charge >= 0.3 is 5.97 Å². The fraction of sp³-hybridized carbons (Fsp3) is 0.500. The molecule has 0 spiro atoms. The van der Waals surface area contributed by atoms with E-state index < -0.39 is 16.9 Å². The van der Waals surface area contributed by atoms with Crippen molar-refractivity contribution < 1.29 is 9.90 Å². The van der Waals surface area contributed by atoms with Crippen molar-refractivity contribution >= 4 is 5.97 Å². The molecule has 0 saturated heterocycles. The summed E-state index contributed by atoms with van der Waals surface area (Å²) in [5, 5.41) is 9.36. The Labute approximate surface area is 103 Å². The molecule has 0 radical (unpaired) electrons. The molecule has 17 heavy (non-hydrogen) atoms. The molecular weight excluding hydrogens is 214 g/mol. The Hall–Kier alpha value is -1.35. The summed E-state index contributed by atoms with van der Waals surface area (Å²) in [6.07, 6.45) is 0.339. The molecule has 1 rings (SSSR count). The molecule has 0 aromatic heterocycles. The van der Waals surface area contributed by atoms with Crippen LogP contribution in [0.3, 0.4) is 0 Å². The van der Waals surface area contributed by atoms with Crippen LogP contribution >= 0.6 is 0 Å². The van der Waals surface area contributed by atoms with Gasteiger partial charge in [0.2, 0.25) is 0 Å². The highest BCUT2D eigenvalue weighted by Crippen LogP contribution is 2.31. The number of aryl methyl sites for hydroxylation is 1. The molecule has 0 amide bonds. The van der Waals surface area contributed by atoms with Crippen LogP contribution < -0.4 is 5.73 Å². The average molecular weight is 235 g/mol. The van der Waals surface area contributed by atoms with Crippen LogP contribution in [0.4, 0.5) is 0 Å². The fourth-order valence-electron chi connectivity index (χ4n) is 1.69. The van der Waals surface area contributed by atoms with Gasteiger partial charge in [-0.15, -0.1) is 0 Å². The first-order chi connectivity index (χ1) is 7.67. The van der Waals surface area contributed by atoms with Gasteiger partial charge in [0.05, 0.1) is 0 Å². The molecule has 1 aromatic rings. The number of benzene rings is 1. The van der Waals surface area contributed by atoms with Gasteiger partial charge in [-0.3, -0.25) is 4.79 Å². The lowest BCUT2D eigenvalue weighted by atomic mass is 9.71. The van der Waals surface area contributed by atoms with Gasteiger partial charge in [0.25, 0.3) is 0 Å². The molecule has 0 bridgehead atoms. The van der Waals surface area contributed by atoms with E-state index in [1.54, 1.807) is 0 Å². The molecule has 0 fully saturated rings. The first kappa shape index (κ1) is 13.7. The van der Waals surface area contributed by atoms with E-state index in [0.717, 1.165) is 11.1 Å². The minimum absolute atomic E-state index is 0.339. The minimum atomic E-state index is -1.25. The number of rotatable bonds is 3. The van der Waals surface area contributed by atoms with E-state index >= 15 is 0 Å². The van der Waals surface area contributed by atoms with Crippen molar-refractivity contribution in [2.45, 2.75) is 39.7 Å². The zero-order valence-corrected chi connectivity index (χ0v) is 10.9. The van der Waals surface area contributed by atoms with Crippen LogP contribution in [0.5, 0.6) is 0 Å². The van der Waals surface area contributed by atoms with Gasteiger partial charge in [-0.2, -0.15) is 0 Å². The monoisotopic (exact) mass is 235 g/mol. The molecule has 3 heteroatoms. The van der Waals surface area contributed by atoms with E-state index in [2.05, 4.69) is 0 Å². The van der Waals surface area contributed by atoms with Gasteiger partial charge in [0.15, 0.2) is 0 Å². The summed E-state index contributed by atoms with van der Waals surface area (Å²) in [5.74, 6) is -0.953. The van der Waals surface area contributed by atoms with Gasteiger partial charge in [-0.1, -0.05) is 50.6 Å². The van der Waals surface area contributed by atoms with Crippen molar-refractivity contribution in [2.75, 3.05) is 0 Å². The summed E-state index contributed by atoms with van der Waals surface area (Å²) in [7, 11) is 0. The van der Waals surface area contributed by atoms with Crippen molar-refractivity contribution in [3.8, 4) is 0 Å². The Morgan fingerprint density at radius 2 is 1.71 bits per heavy atom. The van der Waals surface area contributed by atoms with Gasteiger partial charge in [-0.25, -0.2) is 0 Å². The Bertz CT molecular complexity index is 403. The number of carboxylic acid groups (broad SMARTS) is 1. The predicted octanol–water partition coefficient (Wildman–Crippen LogP) is 2.37. The van der Waals surface area contributed by atoms with Crippen LogP contribution in [-0.4, -0.2) is 16.6 Å². The Morgan fingerprint density at radius 1 is 1.24 bits per heavy atom. The number of hydrogen-bond acceptors (Lipinski definition) is 2. The molecule has 0 aliphatic carbocycles. The molecule has 1 atom stereocenters. The normalized spacial score (nSPS) is 15.4. The van der Waals surface area contributed by atoms with Gasteiger partial charge in [-0.05, 0) is 17.9 Å². The second-order valence-corrected chi connectivity index (χ2v) is 5.69. The maximum absolute atomic E-state index is 11.4. The van der Waals surface area contributed by atoms with Crippen molar-refractivity contribution in [1.82, 2.24) is 0 Å². The van der Waals surface area contributed by atoms with Crippen molar-refractivity contribution in [3.63, 3.8) is 0 Å². The van der Waals surface area contributed by atoms with Gasteiger partial charge in [0.1, 0.15) is 5.54 Å². The largest absolute Gasteiger partial charge is 0.480 e. The quantitative estimate of drug-likeness (QED) is 0.845. The highest BCUT2D eigenvalue weighted by Gasteiger charge is 2.45. The Kier molecular flexibility index (Phi) is 3.62. The average Bonchev–Trinajstić information content (AvgIpc) is 2.19. The zero-order chi connectivity index (χ0) is 13.3. The van der Waals surface area contributed by atoms with Crippen LogP contribution in [-0.2, 0) is 11.2 Å². The Balaban J connectivity index is 3.04. The second-order valence-electron chi connectivity index (χ2n) is 5.69. The second kappa shape index (κ2) is 4.49. The fourth-order valence-corrected chi connectivity index (χ4v) is 1.69. The maximum atomic E-state index is 11.4. The summed E-state index contributed by atoms with van der Waals surface area (Å²) in [6, 6.07) is 7.82. The van der Waals surface area contributed by atoms with Crippen molar-refractivity contribution in [2.24, 2.45) is 11.1 Å². The molecule has 0 aliphatic heterocycles. The molecular formula is C14H21NO2. The summed E-state index contributed by atoms with van der Waals surface area (Å²) in [4.78, 5) is 11.4. The van der Waals surface area contributed by atoms with Crippen molar-refractivity contribution in [1.29, 1.82) is 0 Å². The Morgan fingerprint density at radius 3 is 2.06 bits per heavy atom.